The zero-order valence-corrected chi connectivity index (χ0v) is 23.7. The van der Waals surface area contributed by atoms with E-state index in [4.69, 9.17) is 14.7 Å². The molecule has 41 heavy (non-hydrogen) atoms. The molecule has 0 saturated carbocycles. The number of likely N-dealkylation sites (tertiary alicyclic amines) is 1. The SMILES string of the molecule is Cc1cc(-c2cnc3[nH]cc(-c4ccc(C(=O)N5CC6(COC6)C5)cc4)c3n2)cc(C)c1N1CCN(CCO)CC1. The lowest BCUT2D eigenvalue weighted by molar-refractivity contribution is -0.176. The topological polar surface area (TPSA) is 97.8 Å². The van der Waals surface area contributed by atoms with Crippen LogP contribution in [-0.4, -0.2) is 101 Å². The van der Waals surface area contributed by atoms with E-state index < -0.39 is 0 Å². The van der Waals surface area contributed by atoms with Crippen molar-refractivity contribution in [3.05, 3.63) is 65.5 Å². The van der Waals surface area contributed by atoms with Crippen LogP contribution in [0.1, 0.15) is 21.5 Å². The van der Waals surface area contributed by atoms with Gasteiger partial charge >= 0.3 is 0 Å². The number of nitrogens with one attached hydrogen (secondary N) is 1. The molecule has 3 fully saturated rings. The number of carbonyl (C=O) groups is 1. The second-order valence-corrected chi connectivity index (χ2v) is 11.9. The molecule has 0 unspecified atom stereocenters. The molecular weight excluding hydrogens is 516 g/mol. The van der Waals surface area contributed by atoms with Gasteiger partial charge in [0.15, 0.2) is 5.65 Å². The summed E-state index contributed by atoms with van der Waals surface area (Å²) in [5.41, 5.74) is 10.1. The van der Waals surface area contributed by atoms with Crippen molar-refractivity contribution in [2.75, 3.05) is 70.5 Å². The molecule has 3 aliphatic rings. The van der Waals surface area contributed by atoms with Crippen LogP contribution in [0.15, 0.2) is 48.8 Å². The van der Waals surface area contributed by atoms with Crippen LogP contribution in [0.5, 0.6) is 0 Å². The third-order valence-electron chi connectivity index (χ3n) is 8.87. The first kappa shape index (κ1) is 26.1. The highest BCUT2D eigenvalue weighted by Gasteiger charge is 2.50. The average molecular weight is 553 g/mol. The highest BCUT2D eigenvalue weighted by atomic mass is 16.5. The Morgan fingerprint density at radius 1 is 1.02 bits per heavy atom. The number of aliphatic hydroxyl groups excluding tert-OH is 1. The van der Waals surface area contributed by atoms with Gasteiger partial charge in [-0.1, -0.05) is 12.1 Å². The standard InChI is InChI=1S/C32H36N6O3/c1-21-13-25(14-22(2)29(21)37-9-7-36(8-10-37)11-12-39)27-16-34-30-28(35-27)26(15-33-30)23-3-5-24(6-4-23)31(40)38-17-32(18-38)19-41-20-32/h3-6,13-16,39H,7-12,17-20H2,1-2H3,(H,33,34). The summed E-state index contributed by atoms with van der Waals surface area (Å²) in [5.74, 6) is 0.0799. The molecular formula is C32H36N6O3. The molecule has 7 rings (SSSR count). The number of hydrogen-bond donors (Lipinski definition) is 2. The minimum Gasteiger partial charge on any atom is -0.395 e. The number of H-pyrrole nitrogens is 1. The van der Waals surface area contributed by atoms with Crippen molar-refractivity contribution in [3.63, 3.8) is 0 Å². The summed E-state index contributed by atoms with van der Waals surface area (Å²) >= 11 is 0. The molecule has 2 aromatic carbocycles. The van der Waals surface area contributed by atoms with Gasteiger partial charge in [-0.3, -0.25) is 9.69 Å². The highest BCUT2D eigenvalue weighted by molar-refractivity contribution is 5.96. The fraction of sp³-hybridized carbons (Fsp3) is 0.406. The van der Waals surface area contributed by atoms with E-state index in [0.29, 0.717) is 5.56 Å². The molecule has 212 valence electrons. The Labute approximate surface area is 239 Å². The Bertz CT molecular complexity index is 1570. The summed E-state index contributed by atoms with van der Waals surface area (Å²) in [5, 5.41) is 9.26. The molecule has 9 heteroatoms. The van der Waals surface area contributed by atoms with Crippen molar-refractivity contribution in [1.29, 1.82) is 0 Å². The number of hydrogen-bond acceptors (Lipinski definition) is 7. The minimum atomic E-state index is 0.0799. The molecule has 4 aromatic rings. The van der Waals surface area contributed by atoms with Crippen molar-refractivity contribution in [2.45, 2.75) is 13.8 Å². The third kappa shape index (κ3) is 4.67. The van der Waals surface area contributed by atoms with Gasteiger partial charge < -0.3 is 24.6 Å². The smallest absolute Gasteiger partial charge is 0.253 e. The van der Waals surface area contributed by atoms with Gasteiger partial charge in [0.1, 0.15) is 5.52 Å². The van der Waals surface area contributed by atoms with Gasteiger partial charge in [0.25, 0.3) is 5.91 Å². The lowest BCUT2D eigenvalue weighted by Crippen LogP contribution is -2.67. The van der Waals surface area contributed by atoms with Crippen LogP contribution in [0, 0.1) is 19.3 Å². The van der Waals surface area contributed by atoms with Crippen LogP contribution in [0.25, 0.3) is 33.5 Å². The number of aromatic amines is 1. The maximum Gasteiger partial charge on any atom is 0.253 e. The molecule has 0 aliphatic carbocycles. The normalized spacial score (nSPS) is 18.5. The predicted octanol–water partition coefficient (Wildman–Crippen LogP) is 3.50. The summed E-state index contributed by atoms with van der Waals surface area (Å²) in [6.07, 6.45) is 3.77. The van der Waals surface area contributed by atoms with Crippen LogP contribution in [0.3, 0.4) is 0 Å². The van der Waals surface area contributed by atoms with Gasteiger partial charge in [-0.2, -0.15) is 0 Å². The van der Waals surface area contributed by atoms with Crippen molar-refractivity contribution in [2.24, 2.45) is 5.41 Å². The number of fused-ring (bicyclic) bond motifs is 1. The van der Waals surface area contributed by atoms with Crippen LogP contribution in [0.4, 0.5) is 5.69 Å². The number of anilines is 1. The predicted molar refractivity (Wildman–Crippen MR) is 159 cm³/mol. The maximum absolute atomic E-state index is 12.9. The maximum atomic E-state index is 12.9. The van der Waals surface area contributed by atoms with E-state index in [1.54, 1.807) is 0 Å². The number of aryl methyl sites for hydroxylation is 2. The molecule has 2 N–H and O–H groups in total. The third-order valence-corrected chi connectivity index (χ3v) is 8.87. The molecule has 3 saturated heterocycles. The van der Waals surface area contributed by atoms with Gasteiger partial charge in [0, 0.05) is 74.4 Å². The first-order valence-electron chi connectivity index (χ1n) is 14.4. The van der Waals surface area contributed by atoms with Gasteiger partial charge in [0.2, 0.25) is 0 Å². The number of piperazine rings is 1. The largest absolute Gasteiger partial charge is 0.395 e. The number of carbonyl (C=O) groups excluding carboxylic acids is 1. The van der Waals surface area contributed by atoms with Crippen LogP contribution < -0.4 is 4.90 Å². The first-order valence-corrected chi connectivity index (χ1v) is 14.4. The minimum absolute atomic E-state index is 0.0799. The molecule has 0 radical (unpaired) electrons. The number of β-amino-alcohol motifs (C(OH)–C–C–N with tert-alkyl or cyclic N) is 1. The Morgan fingerprint density at radius 3 is 2.37 bits per heavy atom. The van der Waals surface area contributed by atoms with E-state index in [-0.39, 0.29) is 17.9 Å². The van der Waals surface area contributed by atoms with Crippen molar-refractivity contribution >= 4 is 22.8 Å². The fourth-order valence-corrected chi connectivity index (χ4v) is 6.64. The van der Waals surface area contributed by atoms with Crippen LogP contribution in [0.2, 0.25) is 0 Å². The number of aliphatic hydroxyl groups is 1. The number of nitrogens with zero attached hydrogens (tertiary/aromatic N) is 5. The highest BCUT2D eigenvalue weighted by Crippen LogP contribution is 2.38. The molecule has 2 aromatic heterocycles. The Kier molecular flexibility index (Phi) is 6.53. The second-order valence-electron chi connectivity index (χ2n) is 11.9. The second kappa shape index (κ2) is 10.2. The van der Waals surface area contributed by atoms with Crippen molar-refractivity contribution < 1.29 is 14.6 Å². The molecule has 0 atom stereocenters. The van der Waals surface area contributed by atoms with Crippen LogP contribution in [-0.2, 0) is 4.74 Å². The zero-order valence-electron chi connectivity index (χ0n) is 23.7. The molecule has 1 amide bonds. The van der Waals surface area contributed by atoms with Crippen molar-refractivity contribution in [3.8, 4) is 22.4 Å². The van der Waals surface area contributed by atoms with Gasteiger partial charge in [-0.15, -0.1) is 0 Å². The van der Waals surface area contributed by atoms with E-state index in [9.17, 15) is 9.90 Å². The molecule has 9 nitrogen and oxygen atoms in total. The number of rotatable bonds is 6. The summed E-state index contributed by atoms with van der Waals surface area (Å²) in [6, 6.07) is 12.2. The lowest BCUT2D eigenvalue weighted by Gasteiger charge is -2.54. The Hall–Kier alpha value is -3.79. The number of amides is 1. The molecule has 0 bridgehead atoms. The Balaban J connectivity index is 1.11. The fourth-order valence-electron chi connectivity index (χ4n) is 6.64. The van der Waals surface area contributed by atoms with E-state index in [0.717, 1.165) is 92.6 Å². The average Bonchev–Trinajstić information content (AvgIpc) is 3.35. The van der Waals surface area contributed by atoms with E-state index in [2.05, 4.69) is 40.8 Å². The van der Waals surface area contributed by atoms with E-state index >= 15 is 0 Å². The zero-order chi connectivity index (χ0) is 28.1. The van der Waals surface area contributed by atoms with Gasteiger partial charge in [0.05, 0.1) is 37.1 Å². The first-order chi connectivity index (χ1) is 19.9. The summed E-state index contributed by atoms with van der Waals surface area (Å²) < 4.78 is 5.33. The number of ether oxygens (including phenoxy) is 1. The summed E-state index contributed by atoms with van der Waals surface area (Å²) in [6.45, 7) is 12.2. The molecule has 3 aliphatic heterocycles. The van der Waals surface area contributed by atoms with E-state index in [1.165, 1.54) is 16.8 Å². The summed E-state index contributed by atoms with van der Waals surface area (Å²) in [7, 11) is 0. The monoisotopic (exact) mass is 552 g/mol. The van der Waals surface area contributed by atoms with Crippen molar-refractivity contribution in [1.82, 2.24) is 24.8 Å². The van der Waals surface area contributed by atoms with Gasteiger partial charge in [-0.25, -0.2) is 9.97 Å². The van der Waals surface area contributed by atoms with E-state index in [1.807, 2.05) is 41.6 Å². The Morgan fingerprint density at radius 2 is 1.73 bits per heavy atom. The number of benzene rings is 2. The number of aromatic nitrogens is 3. The molecule has 1 spiro atoms. The van der Waals surface area contributed by atoms with Crippen LogP contribution >= 0.6 is 0 Å². The molecule has 5 heterocycles. The van der Waals surface area contributed by atoms with Gasteiger partial charge in [-0.05, 0) is 54.8 Å². The lowest BCUT2D eigenvalue weighted by atomic mass is 9.78. The summed E-state index contributed by atoms with van der Waals surface area (Å²) in [4.78, 5) is 32.6. The quantitative estimate of drug-likeness (QED) is 0.378.